The van der Waals surface area contributed by atoms with E-state index in [0.717, 1.165) is 0 Å². The molecular formula is C19H17N7O4. The van der Waals surface area contributed by atoms with E-state index in [1.807, 2.05) is 18.2 Å². The summed E-state index contributed by atoms with van der Waals surface area (Å²) in [5.41, 5.74) is 10.2. The summed E-state index contributed by atoms with van der Waals surface area (Å²) in [5, 5.41) is 21.3. The highest BCUT2D eigenvalue weighted by Gasteiger charge is 2.20. The van der Waals surface area contributed by atoms with Gasteiger partial charge in [0.05, 0.1) is 24.4 Å². The van der Waals surface area contributed by atoms with Crippen molar-refractivity contribution in [3.05, 3.63) is 48.0 Å². The Morgan fingerprint density at radius 3 is 2.90 bits per heavy atom. The van der Waals surface area contributed by atoms with Gasteiger partial charge in [-0.3, -0.25) is 4.79 Å². The van der Waals surface area contributed by atoms with Crippen LogP contribution in [-0.2, 0) is 11.3 Å². The number of fused-ring (bicyclic) bond motifs is 1. The molecule has 152 valence electrons. The number of imidazole rings is 1. The molecule has 0 bridgehead atoms. The number of aromatic hydroxyl groups is 1. The van der Waals surface area contributed by atoms with Crippen LogP contribution in [0.25, 0.3) is 22.6 Å². The predicted octanol–water partition coefficient (Wildman–Crippen LogP) is 1.53. The first-order chi connectivity index (χ1) is 14.6. The Labute approximate surface area is 169 Å². The number of carbonyl (C=O) groups is 1. The first-order valence-electron chi connectivity index (χ1n) is 8.80. The second-order valence-corrected chi connectivity index (χ2v) is 6.20. The second kappa shape index (κ2) is 7.91. The molecule has 2 aromatic heterocycles. The van der Waals surface area contributed by atoms with Gasteiger partial charge in [0.2, 0.25) is 0 Å². The third kappa shape index (κ3) is 3.51. The molecule has 0 aliphatic rings. The fourth-order valence-electron chi connectivity index (χ4n) is 2.93. The van der Waals surface area contributed by atoms with Crippen LogP contribution in [0.1, 0.15) is 5.56 Å². The maximum atomic E-state index is 12.5. The quantitative estimate of drug-likeness (QED) is 0.321. The number of nitrogens with one attached hydrogen (secondary N) is 1. The number of hydrogen-bond acceptors (Lipinski definition) is 9. The Morgan fingerprint density at radius 2 is 2.13 bits per heavy atom. The van der Waals surface area contributed by atoms with E-state index in [-0.39, 0.29) is 23.8 Å². The minimum absolute atomic E-state index is 0.0680. The van der Waals surface area contributed by atoms with Crippen LogP contribution in [0.2, 0.25) is 0 Å². The Hall–Kier alpha value is -4.41. The summed E-state index contributed by atoms with van der Waals surface area (Å²) in [6, 6.07) is 12.2. The van der Waals surface area contributed by atoms with Crippen molar-refractivity contribution in [1.29, 1.82) is 0 Å². The number of phenols is 1. The van der Waals surface area contributed by atoms with Gasteiger partial charge in [-0.1, -0.05) is 18.2 Å². The fourth-order valence-corrected chi connectivity index (χ4v) is 2.93. The van der Waals surface area contributed by atoms with E-state index in [1.165, 1.54) is 13.3 Å². The molecule has 4 N–H and O–H groups in total. The normalized spacial score (nSPS) is 11.2. The number of methoxy groups -OCH3 is 1. The summed E-state index contributed by atoms with van der Waals surface area (Å²) in [4.78, 5) is 17.0. The summed E-state index contributed by atoms with van der Waals surface area (Å²) in [7, 11) is 1.45. The molecule has 0 fully saturated rings. The van der Waals surface area contributed by atoms with E-state index in [4.69, 9.17) is 10.5 Å². The molecule has 0 spiro atoms. The molecule has 0 saturated carbocycles. The molecule has 4 aromatic rings. The van der Waals surface area contributed by atoms with E-state index in [0.29, 0.717) is 28.2 Å². The number of nitrogen functional groups attached to an aromatic ring is 1. The molecule has 0 saturated heterocycles. The van der Waals surface area contributed by atoms with Gasteiger partial charge in [0.1, 0.15) is 6.54 Å². The Balaban J connectivity index is 1.57. The number of rotatable bonds is 6. The number of ether oxygens (including phenoxy) is 1. The van der Waals surface area contributed by atoms with Crippen molar-refractivity contribution >= 4 is 29.0 Å². The van der Waals surface area contributed by atoms with Crippen LogP contribution >= 0.6 is 0 Å². The number of anilines is 1. The van der Waals surface area contributed by atoms with Crippen molar-refractivity contribution < 1.29 is 19.3 Å². The van der Waals surface area contributed by atoms with Crippen LogP contribution in [0.3, 0.4) is 0 Å². The minimum atomic E-state index is -0.423. The van der Waals surface area contributed by atoms with Gasteiger partial charge in [0.25, 0.3) is 5.91 Å². The number of nitrogens with two attached hydrogens (primary N) is 1. The molecule has 0 unspecified atom stereocenters. The number of hydrogen-bond donors (Lipinski definition) is 3. The van der Waals surface area contributed by atoms with Crippen LogP contribution in [0.4, 0.5) is 5.82 Å². The van der Waals surface area contributed by atoms with E-state index < -0.39 is 5.91 Å². The van der Waals surface area contributed by atoms with Crippen molar-refractivity contribution in [2.75, 3.05) is 12.8 Å². The van der Waals surface area contributed by atoms with Crippen LogP contribution in [-0.4, -0.2) is 44.2 Å². The Bertz CT molecular complexity index is 1240. The van der Waals surface area contributed by atoms with E-state index in [1.54, 1.807) is 28.8 Å². The van der Waals surface area contributed by atoms with Gasteiger partial charge in [0, 0.05) is 5.56 Å². The molecule has 0 atom stereocenters. The molecule has 11 heteroatoms. The number of aromatic nitrogens is 4. The highest BCUT2D eigenvalue weighted by Crippen LogP contribution is 2.28. The molecule has 2 heterocycles. The van der Waals surface area contributed by atoms with E-state index in [2.05, 4.69) is 30.5 Å². The lowest BCUT2D eigenvalue weighted by Gasteiger charge is -2.07. The molecule has 1 amide bonds. The van der Waals surface area contributed by atoms with Gasteiger partial charge >= 0.3 is 0 Å². The maximum absolute atomic E-state index is 12.5. The molecule has 11 nitrogen and oxygen atoms in total. The van der Waals surface area contributed by atoms with Crippen molar-refractivity contribution in [2.24, 2.45) is 5.10 Å². The van der Waals surface area contributed by atoms with Gasteiger partial charge in [-0.15, -0.1) is 0 Å². The van der Waals surface area contributed by atoms with Gasteiger partial charge in [-0.05, 0) is 34.6 Å². The van der Waals surface area contributed by atoms with Gasteiger partial charge in [-0.2, -0.15) is 5.10 Å². The Morgan fingerprint density at radius 1 is 1.30 bits per heavy atom. The van der Waals surface area contributed by atoms with Gasteiger partial charge in [-0.25, -0.2) is 15.0 Å². The molecule has 2 aromatic carbocycles. The summed E-state index contributed by atoms with van der Waals surface area (Å²) >= 11 is 0. The van der Waals surface area contributed by atoms with Crippen LogP contribution in [0, 0.1) is 0 Å². The number of phenolic OH excluding ortho intramolecular Hbond substituents is 1. The SMILES string of the molecule is COc1cccc(/C=N/NC(=O)Cn2c(-c3nonc3N)nc3ccccc32)c1O. The highest BCUT2D eigenvalue weighted by molar-refractivity contribution is 5.87. The van der Waals surface area contributed by atoms with Crippen LogP contribution in [0.5, 0.6) is 11.5 Å². The van der Waals surface area contributed by atoms with Crippen molar-refractivity contribution in [3.8, 4) is 23.0 Å². The van der Waals surface area contributed by atoms with E-state index >= 15 is 0 Å². The average molecular weight is 407 g/mol. The maximum Gasteiger partial charge on any atom is 0.260 e. The summed E-state index contributed by atoms with van der Waals surface area (Å²) in [5.74, 6) is 0.222. The second-order valence-electron chi connectivity index (χ2n) is 6.20. The number of hydrazone groups is 1. The first kappa shape index (κ1) is 18.9. The zero-order valence-corrected chi connectivity index (χ0v) is 15.8. The molecule has 30 heavy (non-hydrogen) atoms. The topological polar surface area (TPSA) is 154 Å². The standard InChI is InChI=1S/C19H17N7O4/c1-29-14-8-4-5-11(17(14)28)9-21-23-15(27)10-26-13-7-3-2-6-12(13)22-19(26)16-18(20)25-30-24-16/h2-9,28H,10H2,1H3,(H2,20,25)(H,23,27)/b21-9+. The summed E-state index contributed by atoms with van der Waals surface area (Å²) < 4.78 is 11.3. The van der Waals surface area contributed by atoms with Crippen molar-refractivity contribution in [3.63, 3.8) is 0 Å². The summed E-state index contributed by atoms with van der Waals surface area (Å²) in [6.07, 6.45) is 1.32. The lowest BCUT2D eigenvalue weighted by Crippen LogP contribution is -2.23. The number of carbonyl (C=O) groups excluding carboxylic acids is 1. The van der Waals surface area contributed by atoms with Gasteiger partial charge < -0.3 is 20.1 Å². The third-order valence-corrected chi connectivity index (χ3v) is 4.32. The smallest absolute Gasteiger partial charge is 0.260 e. The van der Waals surface area contributed by atoms with Crippen molar-refractivity contribution in [1.82, 2.24) is 25.3 Å². The molecule has 0 aliphatic heterocycles. The lowest BCUT2D eigenvalue weighted by molar-refractivity contribution is -0.121. The zero-order chi connectivity index (χ0) is 21.1. The first-order valence-corrected chi connectivity index (χ1v) is 8.80. The fraction of sp³-hybridized carbons (Fsp3) is 0.105. The summed E-state index contributed by atoms with van der Waals surface area (Å²) in [6.45, 7) is -0.108. The monoisotopic (exact) mass is 407 g/mol. The lowest BCUT2D eigenvalue weighted by atomic mass is 10.2. The van der Waals surface area contributed by atoms with Crippen LogP contribution < -0.4 is 15.9 Å². The van der Waals surface area contributed by atoms with E-state index in [9.17, 15) is 9.90 Å². The molecule has 4 rings (SSSR count). The predicted molar refractivity (Wildman–Crippen MR) is 108 cm³/mol. The number of amides is 1. The number of benzene rings is 2. The average Bonchev–Trinajstić information content (AvgIpc) is 3.32. The van der Waals surface area contributed by atoms with Crippen molar-refractivity contribution in [2.45, 2.75) is 6.54 Å². The molecule has 0 radical (unpaired) electrons. The largest absolute Gasteiger partial charge is 0.504 e. The zero-order valence-electron chi connectivity index (χ0n) is 15.8. The third-order valence-electron chi connectivity index (χ3n) is 4.32. The Kier molecular flexibility index (Phi) is 4.99. The molecule has 0 aliphatic carbocycles. The molecular weight excluding hydrogens is 390 g/mol. The number of para-hydroxylation sites is 3. The number of nitrogens with zero attached hydrogens (tertiary/aromatic N) is 5. The highest BCUT2D eigenvalue weighted by atomic mass is 16.6. The van der Waals surface area contributed by atoms with Crippen LogP contribution in [0.15, 0.2) is 52.2 Å². The minimum Gasteiger partial charge on any atom is -0.504 e. The van der Waals surface area contributed by atoms with Gasteiger partial charge in [0.15, 0.2) is 28.8 Å².